The number of aromatic nitrogens is 1. The lowest BCUT2D eigenvalue weighted by Gasteiger charge is -2.16. The number of carboxylic acids is 1. The first-order valence-corrected chi connectivity index (χ1v) is 9.74. The van der Waals surface area contributed by atoms with Crippen molar-refractivity contribution in [1.82, 2.24) is 4.98 Å². The Morgan fingerprint density at radius 1 is 1.22 bits per heavy atom. The van der Waals surface area contributed by atoms with E-state index in [1.165, 1.54) is 29.5 Å². The van der Waals surface area contributed by atoms with Gasteiger partial charge in [-0.05, 0) is 61.6 Å². The Labute approximate surface area is 161 Å². The Hall–Kier alpha value is -2.85. The summed E-state index contributed by atoms with van der Waals surface area (Å²) in [6.45, 7) is 0. The van der Waals surface area contributed by atoms with Crippen LogP contribution in [0.25, 0.3) is 0 Å². The van der Waals surface area contributed by atoms with E-state index >= 15 is 0 Å². The molecule has 2 N–H and O–H groups in total. The van der Waals surface area contributed by atoms with Gasteiger partial charge in [0.25, 0.3) is 0 Å². The van der Waals surface area contributed by atoms with Crippen molar-refractivity contribution < 1.29 is 14.7 Å². The van der Waals surface area contributed by atoms with Crippen LogP contribution in [0.5, 0.6) is 0 Å². The summed E-state index contributed by atoms with van der Waals surface area (Å²) in [5.41, 5.74) is 3.55. The zero-order chi connectivity index (χ0) is 19.2. The second-order valence-electron chi connectivity index (χ2n) is 6.29. The standard InChI is InChI=1S/C20H19N3O3S/c21-12-15-11-14-3-1-2-4-17(14)23-19(15)27-10-9-18(24)22-16-7-5-13(6-8-16)20(25)26/h5-8,11H,1-4,9-10H2,(H,22,24)(H,25,26). The molecule has 7 heteroatoms. The highest BCUT2D eigenvalue weighted by Crippen LogP contribution is 2.27. The molecular weight excluding hydrogens is 362 g/mol. The van der Waals surface area contributed by atoms with E-state index in [-0.39, 0.29) is 17.9 Å². The number of nitriles is 1. The van der Waals surface area contributed by atoms with Gasteiger partial charge in [0.15, 0.2) is 0 Å². The van der Waals surface area contributed by atoms with E-state index in [0.29, 0.717) is 22.0 Å². The number of thioether (sulfide) groups is 1. The van der Waals surface area contributed by atoms with E-state index in [9.17, 15) is 14.9 Å². The minimum Gasteiger partial charge on any atom is -0.478 e. The summed E-state index contributed by atoms with van der Waals surface area (Å²) < 4.78 is 0. The average molecular weight is 381 g/mol. The molecule has 1 amide bonds. The molecule has 1 heterocycles. The smallest absolute Gasteiger partial charge is 0.335 e. The number of carboxylic acid groups (broad SMARTS) is 1. The lowest BCUT2D eigenvalue weighted by molar-refractivity contribution is -0.115. The summed E-state index contributed by atoms with van der Waals surface area (Å²) in [7, 11) is 0. The van der Waals surface area contributed by atoms with Crippen LogP contribution in [0.4, 0.5) is 5.69 Å². The topological polar surface area (TPSA) is 103 Å². The van der Waals surface area contributed by atoms with E-state index in [2.05, 4.69) is 16.4 Å². The third-order valence-electron chi connectivity index (χ3n) is 4.37. The molecule has 138 valence electrons. The van der Waals surface area contributed by atoms with E-state index in [0.717, 1.165) is 31.4 Å². The van der Waals surface area contributed by atoms with Gasteiger partial charge >= 0.3 is 5.97 Å². The number of pyridine rings is 1. The average Bonchev–Trinajstić information content (AvgIpc) is 2.67. The van der Waals surface area contributed by atoms with Gasteiger partial charge in [-0.1, -0.05) is 0 Å². The van der Waals surface area contributed by atoms with Gasteiger partial charge in [-0.15, -0.1) is 11.8 Å². The fourth-order valence-electron chi connectivity index (χ4n) is 2.96. The largest absolute Gasteiger partial charge is 0.478 e. The number of carbonyl (C=O) groups is 2. The van der Waals surface area contributed by atoms with Crippen molar-refractivity contribution in [2.24, 2.45) is 0 Å². The van der Waals surface area contributed by atoms with Crippen LogP contribution >= 0.6 is 11.8 Å². The monoisotopic (exact) mass is 381 g/mol. The van der Waals surface area contributed by atoms with Crippen LogP contribution in [0.2, 0.25) is 0 Å². The second-order valence-corrected chi connectivity index (χ2v) is 7.38. The molecule has 0 fully saturated rings. The number of benzene rings is 1. The number of amides is 1. The molecule has 1 aliphatic rings. The fraction of sp³-hybridized carbons (Fsp3) is 0.300. The number of nitrogens with one attached hydrogen (secondary N) is 1. The molecule has 0 atom stereocenters. The molecule has 2 aromatic rings. The summed E-state index contributed by atoms with van der Waals surface area (Å²) >= 11 is 1.42. The predicted molar refractivity (Wildman–Crippen MR) is 103 cm³/mol. The lowest BCUT2D eigenvalue weighted by Crippen LogP contribution is -2.12. The molecule has 0 saturated carbocycles. The van der Waals surface area contributed by atoms with Crippen LogP contribution < -0.4 is 5.32 Å². The molecule has 1 aromatic heterocycles. The Kier molecular flexibility index (Phi) is 6.09. The van der Waals surface area contributed by atoms with Crippen LogP contribution in [0, 0.1) is 11.3 Å². The summed E-state index contributed by atoms with van der Waals surface area (Å²) in [4.78, 5) is 27.6. The predicted octanol–water partition coefficient (Wildman–Crippen LogP) is 3.65. The van der Waals surface area contributed by atoms with Crippen LogP contribution in [0.1, 0.15) is 46.4 Å². The minimum atomic E-state index is -1.00. The van der Waals surface area contributed by atoms with Gasteiger partial charge < -0.3 is 10.4 Å². The van der Waals surface area contributed by atoms with Crippen molar-refractivity contribution in [2.75, 3.05) is 11.1 Å². The zero-order valence-electron chi connectivity index (χ0n) is 14.7. The number of nitrogens with zero attached hydrogens (tertiary/aromatic N) is 2. The number of anilines is 1. The molecular formula is C20H19N3O3S. The molecule has 3 rings (SSSR count). The Morgan fingerprint density at radius 3 is 2.67 bits per heavy atom. The summed E-state index contributed by atoms with van der Waals surface area (Å²) in [5, 5.41) is 21.7. The maximum atomic E-state index is 12.1. The van der Waals surface area contributed by atoms with Gasteiger partial charge in [0, 0.05) is 23.6 Å². The first kappa shape index (κ1) is 18.9. The fourth-order valence-corrected chi connectivity index (χ4v) is 3.88. The third-order valence-corrected chi connectivity index (χ3v) is 5.36. The van der Waals surface area contributed by atoms with Gasteiger partial charge in [-0.2, -0.15) is 5.26 Å². The highest BCUT2D eigenvalue weighted by atomic mass is 32.2. The van der Waals surface area contributed by atoms with Crippen LogP contribution in [0.3, 0.4) is 0 Å². The number of aryl methyl sites for hydroxylation is 2. The number of aromatic carboxylic acids is 1. The van der Waals surface area contributed by atoms with Crippen molar-refractivity contribution >= 4 is 29.3 Å². The highest BCUT2D eigenvalue weighted by molar-refractivity contribution is 7.99. The van der Waals surface area contributed by atoms with Crippen molar-refractivity contribution in [1.29, 1.82) is 5.26 Å². The van der Waals surface area contributed by atoms with Gasteiger partial charge in [-0.3, -0.25) is 4.79 Å². The number of rotatable bonds is 6. The van der Waals surface area contributed by atoms with E-state index in [4.69, 9.17) is 5.11 Å². The third kappa shape index (κ3) is 4.86. The molecule has 1 aliphatic carbocycles. The van der Waals surface area contributed by atoms with Gasteiger partial charge in [0.1, 0.15) is 11.1 Å². The summed E-state index contributed by atoms with van der Waals surface area (Å²) in [6.07, 6.45) is 4.46. The first-order chi connectivity index (χ1) is 13.1. The van der Waals surface area contributed by atoms with Crippen molar-refractivity contribution in [3.8, 4) is 6.07 Å². The van der Waals surface area contributed by atoms with E-state index in [1.807, 2.05) is 6.07 Å². The van der Waals surface area contributed by atoms with E-state index in [1.54, 1.807) is 12.1 Å². The van der Waals surface area contributed by atoms with Gasteiger partial charge in [-0.25, -0.2) is 9.78 Å². The number of hydrogen-bond acceptors (Lipinski definition) is 5. The lowest BCUT2D eigenvalue weighted by atomic mass is 9.95. The number of fused-ring (bicyclic) bond motifs is 1. The van der Waals surface area contributed by atoms with Gasteiger partial charge in [0.05, 0.1) is 11.1 Å². The molecule has 0 saturated heterocycles. The normalized spacial score (nSPS) is 12.7. The molecule has 0 aliphatic heterocycles. The van der Waals surface area contributed by atoms with Crippen molar-refractivity contribution in [3.05, 3.63) is 52.7 Å². The maximum absolute atomic E-state index is 12.1. The van der Waals surface area contributed by atoms with E-state index < -0.39 is 5.97 Å². The Balaban J connectivity index is 1.55. The van der Waals surface area contributed by atoms with Crippen molar-refractivity contribution in [3.63, 3.8) is 0 Å². The minimum absolute atomic E-state index is 0.165. The van der Waals surface area contributed by atoms with Crippen LogP contribution in [0.15, 0.2) is 35.4 Å². The first-order valence-electron chi connectivity index (χ1n) is 8.75. The quantitative estimate of drug-likeness (QED) is 0.740. The summed E-state index contributed by atoms with van der Waals surface area (Å²) in [6, 6.07) is 10.2. The zero-order valence-corrected chi connectivity index (χ0v) is 15.5. The summed E-state index contributed by atoms with van der Waals surface area (Å²) in [5.74, 6) is -0.656. The Morgan fingerprint density at radius 2 is 1.96 bits per heavy atom. The molecule has 0 unspecified atom stereocenters. The molecule has 6 nitrogen and oxygen atoms in total. The van der Waals surface area contributed by atoms with Crippen LogP contribution in [-0.2, 0) is 17.6 Å². The van der Waals surface area contributed by atoms with Crippen molar-refractivity contribution in [2.45, 2.75) is 37.1 Å². The molecule has 27 heavy (non-hydrogen) atoms. The van der Waals surface area contributed by atoms with Gasteiger partial charge in [0.2, 0.25) is 5.91 Å². The van der Waals surface area contributed by atoms with Crippen LogP contribution in [-0.4, -0.2) is 27.7 Å². The molecule has 0 bridgehead atoms. The number of hydrogen-bond donors (Lipinski definition) is 2. The second kappa shape index (κ2) is 8.69. The highest BCUT2D eigenvalue weighted by Gasteiger charge is 2.15. The molecule has 0 radical (unpaired) electrons. The number of carbonyl (C=O) groups excluding carboxylic acids is 1. The molecule has 1 aromatic carbocycles. The maximum Gasteiger partial charge on any atom is 0.335 e. The SMILES string of the molecule is N#Cc1cc2c(nc1SCCC(=O)Nc1ccc(C(=O)O)cc1)CCCC2. The molecule has 0 spiro atoms. The Bertz CT molecular complexity index is 904.